The Hall–Kier alpha value is -0.730. The summed E-state index contributed by atoms with van der Waals surface area (Å²) >= 11 is 6.12. The lowest BCUT2D eigenvalue weighted by Crippen LogP contribution is -1.78. The van der Waals surface area contributed by atoms with Gasteiger partial charge in [-0.05, 0) is 30.4 Å². The van der Waals surface area contributed by atoms with Crippen LogP contribution in [0.5, 0.6) is 0 Å². The Labute approximate surface area is 93.1 Å². The van der Waals surface area contributed by atoms with Gasteiger partial charge < -0.3 is 4.98 Å². The first-order valence-electron chi connectivity index (χ1n) is 4.48. The summed E-state index contributed by atoms with van der Waals surface area (Å²) in [5.41, 5.74) is 2.25. The van der Waals surface area contributed by atoms with E-state index in [9.17, 15) is 0 Å². The van der Waals surface area contributed by atoms with Gasteiger partial charge in [0, 0.05) is 17.8 Å². The van der Waals surface area contributed by atoms with E-state index in [0.717, 1.165) is 22.0 Å². The number of hydrogen-bond acceptors (Lipinski definition) is 1. The predicted molar refractivity (Wildman–Crippen MR) is 60.3 cm³/mol. The van der Waals surface area contributed by atoms with Crippen molar-refractivity contribution in [1.29, 1.82) is 0 Å². The number of rotatable bonds is 1. The Morgan fingerprint density at radius 2 is 2.21 bits per heavy atom. The Balaban J connectivity index is 0.000000750. The molecule has 0 aromatic carbocycles. The third-order valence-corrected chi connectivity index (χ3v) is 2.89. The van der Waals surface area contributed by atoms with E-state index in [0.29, 0.717) is 0 Å². The molecule has 2 heterocycles. The molecule has 4 heteroatoms. The van der Waals surface area contributed by atoms with Gasteiger partial charge in [0.25, 0.3) is 0 Å². The molecule has 3 rings (SSSR count). The molecule has 2 aromatic heterocycles. The first-order chi connectivity index (χ1) is 6.36. The Morgan fingerprint density at radius 1 is 1.43 bits per heavy atom. The van der Waals surface area contributed by atoms with E-state index in [2.05, 4.69) is 9.97 Å². The van der Waals surface area contributed by atoms with E-state index in [1.54, 1.807) is 6.20 Å². The second kappa shape index (κ2) is 3.44. The lowest BCUT2D eigenvalue weighted by molar-refractivity contribution is 1.15. The van der Waals surface area contributed by atoms with Crippen LogP contribution in [0.1, 0.15) is 24.3 Å². The minimum absolute atomic E-state index is 0. The van der Waals surface area contributed by atoms with Crippen LogP contribution in [0, 0.1) is 0 Å². The Kier molecular flexibility index (Phi) is 2.41. The molecule has 1 aliphatic carbocycles. The van der Waals surface area contributed by atoms with Crippen LogP contribution >= 0.6 is 24.0 Å². The van der Waals surface area contributed by atoms with Crippen molar-refractivity contribution in [3.05, 3.63) is 29.0 Å². The molecule has 0 amide bonds. The van der Waals surface area contributed by atoms with Gasteiger partial charge in [-0.3, -0.25) is 0 Å². The first-order valence-corrected chi connectivity index (χ1v) is 4.85. The topological polar surface area (TPSA) is 28.7 Å². The third kappa shape index (κ3) is 1.39. The van der Waals surface area contributed by atoms with E-state index >= 15 is 0 Å². The molecule has 1 N–H and O–H groups in total. The lowest BCUT2D eigenvalue weighted by atomic mass is 10.1. The maximum Gasteiger partial charge on any atom is 0.139 e. The number of halogens is 2. The number of nitrogens with zero attached hydrogens (tertiary/aromatic N) is 1. The molecule has 74 valence electrons. The molecule has 0 bridgehead atoms. The highest BCUT2D eigenvalue weighted by molar-refractivity contribution is 6.35. The zero-order chi connectivity index (χ0) is 8.84. The van der Waals surface area contributed by atoms with E-state index in [1.165, 1.54) is 18.4 Å². The number of fused-ring (bicyclic) bond motifs is 1. The molecule has 0 spiro atoms. The number of hydrogen-bond donors (Lipinski definition) is 1. The summed E-state index contributed by atoms with van der Waals surface area (Å²) in [4.78, 5) is 7.39. The van der Waals surface area contributed by atoms with Crippen LogP contribution in [0.25, 0.3) is 11.0 Å². The molecule has 1 fully saturated rings. The van der Waals surface area contributed by atoms with Crippen LogP contribution in [0.4, 0.5) is 0 Å². The maximum atomic E-state index is 6.12. The van der Waals surface area contributed by atoms with Gasteiger partial charge in [-0.15, -0.1) is 12.4 Å². The number of H-pyrrole nitrogens is 1. The SMILES string of the molecule is Cl.Clc1ccnc2[nH]cc(C3CC3)c12. The highest BCUT2D eigenvalue weighted by Gasteiger charge is 2.27. The summed E-state index contributed by atoms with van der Waals surface area (Å²) in [6.07, 6.45) is 6.36. The highest BCUT2D eigenvalue weighted by atomic mass is 35.5. The monoisotopic (exact) mass is 228 g/mol. The molecule has 0 radical (unpaired) electrons. The fourth-order valence-electron chi connectivity index (χ4n) is 1.76. The average Bonchev–Trinajstić information content (AvgIpc) is 2.87. The van der Waals surface area contributed by atoms with Crippen LogP contribution < -0.4 is 0 Å². The van der Waals surface area contributed by atoms with Gasteiger partial charge in [-0.25, -0.2) is 4.98 Å². The van der Waals surface area contributed by atoms with E-state index in [-0.39, 0.29) is 12.4 Å². The molecule has 1 aliphatic rings. The average molecular weight is 229 g/mol. The van der Waals surface area contributed by atoms with Gasteiger partial charge in [0.2, 0.25) is 0 Å². The van der Waals surface area contributed by atoms with Gasteiger partial charge in [0.1, 0.15) is 5.65 Å². The Morgan fingerprint density at radius 3 is 2.93 bits per heavy atom. The molecule has 0 unspecified atom stereocenters. The molecule has 0 atom stereocenters. The van der Waals surface area contributed by atoms with Crippen molar-refractivity contribution < 1.29 is 0 Å². The molecule has 2 nitrogen and oxygen atoms in total. The number of aromatic nitrogens is 2. The number of nitrogens with one attached hydrogen (secondary N) is 1. The van der Waals surface area contributed by atoms with Crippen molar-refractivity contribution >= 4 is 35.0 Å². The minimum atomic E-state index is 0. The predicted octanol–water partition coefficient (Wildman–Crippen LogP) is 3.52. The molecular weight excluding hydrogens is 219 g/mol. The molecule has 0 aliphatic heterocycles. The van der Waals surface area contributed by atoms with Crippen molar-refractivity contribution in [1.82, 2.24) is 9.97 Å². The van der Waals surface area contributed by atoms with E-state index in [4.69, 9.17) is 11.6 Å². The second-order valence-corrected chi connectivity index (χ2v) is 3.94. The summed E-state index contributed by atoms with van der Waals surface area (Å²) in [5, 5.41) is 1.93. The van der Waals surface area contributed by atoms with Crippen molar-refractivity contribution in [2.24, 2.45) is 0 Å². The van der Waals surface area contributed by atoms with Gasteiger partial charge >= 0.3 is 0 Å². The molecular formula is C10H10Cl2N2. The van der Waals surface area contributed by atoms with Gasteiger partial charge in [-0.1, -0.05) is 11.6 Å². The summed E-state index contributed by atoms with van der Waals surface area (Å²) in [7, 11) is 0. The van der Waals surface area contributed by atoms with E-state index in [1.807, 2.05) is 12.3 Å². The normalized spacial score (nSPS) is 15.5. The molecule has 1 saturated carbocycles. The van der Waals surface area contributed by atoms with E-state index < -0.39 is 0 Å². The van der Waals surface area contributed by atoms with Crippen LogP contribution in [0.2, 0.25) is 5.02 Å². The van der Waals surface area contributed by atoms with Crippen molar-refractivity contribution in [3.63, 3.8) is 0 Å². The number of pyridine rings is 1. The lowest BCUT2D eigenvalue weighted by Gasteiger charge is -1.96. The first kappa shape index (κ1) is 9.81. The van der Waals surface area contributed by atoms with Gasteiger partial charge in [0.15, 0.2) is 0 Å². The highest BCUT2D eigenvalue weighted by Crippen LogP contribution is 2.44. The van der Waals surface area contributed by atoms with Crippen molar-refractivity contribution in [2.45, 2.75) is 18.8 Å². The summed E-state index contributed by atoms with van der Waals surface area (Å²) < 4.78 is 0. The maximum absolute atomic E-state index is 6.12. The minimum Gasteiger partial charge on any atom is -0.346 e. The van der Waals surface area contributed by atoms with Crippen LogP contribution in [-0.4, -0.2) is 9.97 Å². The van der Waals surface area contributed by atoms with Crippen molar-refractivity contribution in [2.75, 3.05) is 0 Å². The van der Waals surface area contributed by atoms with Crippen molar-refractivity contribution in [3.8, 4) is 0 Å². The zero-order valence-corrected chi connectivity index (χ0v) is 9.03. The largest absolute Gasteiger partial charge is 0.346 e. The van der Waals surface area contributed by atoms with Crippen LogP contribution in [-0.2, 0) is 0 Å². The summed E-state index contributed by atoms with van der Waals surface area (Å²) in [5.74, 6) is 0.718. The quantitative estimate of drug-likeness (QED) is 0.796. The van der Waals surface area contributed by atoms with Crippen LogP contribution in [0.15, 0.2) is 18.5 Å². The van der Waals surface area contributed by atoms with Gasteiger partial charge in [-0.2, -0.15) is 0 Å². The summed E-state index contributed by atoms with van der Waals surface area (Å²) in [6, 6.07) is 1.85. The molecule has 0 saturated heterocycles. The van der Waals surface area contributed by atoms with Crippen LogP contribution in [0.3, 0.4) is 0 Å². The Bertz CT molecular complexity index is 460. The molecule has 14 heavy (non-hydrogen) atoms. The molecule has 2 aromatic rings. The smallest absolute Gasteiger partial charge is 0.139 e. The fourth-order valence-corrected chi connectivity index (χ4v) is 2.01. The number of aromatic amines is 1. The zero-order valence-electron chi connectivity index (χ0n) is 7.46. The fraction of sp³-hybridized carbons (Fsp3) is 0.300. The summed E-state index contributed by atoms with van der Waals surface area (Å²) in [6.45, 7) is 0. The van der Waals surface area contributed by atoms with Gasteiger partial charge in [0.05, 0.1) is 5.02 Å². The third-order valence-electron chi connectivity index (χ3n) is 2.57. The standard InChI is InChI=1S/C10H9ClN2.ClH/c11-8-3-4-12-10-9(8)7(5-13-10)6-1-2-6;/h3-6H,1-2H2,(H,12,13);1H. The second-order valence-electron chi connectivity index (χ2n) is 3.53.